The Bertz CT molecular complexity index is 401. The summed E-state index contributed by atoms with van der Waals surface area (Å²) < 4.78 is 0. The summed E-state index contributed by atoms with van der Waals surface area (Å²) >= 11 is 1.16. The zero-order chi connectivity index (χ0) is 11.3. The largest absolute Gasteiger partial charge is 0.433 e. The summed E-state index contributed by atoms with van der Waals surface area (Å²) in [4.78, 5) is 29.4. The number of carbonyl (C=O) groups excluding carboxylic acids is 2. The minimum absolute atomic E-state index is 0.0912. The van der Waals surface area contributed by atoms with E-state index >= 15 is 0 Å². The highest BCUT2D eigenvalue weighted by Gasteiger charge is 2.08. The van der Waals surface area contributed by atoms with E-state index in [2.05, 4.69) is 20.3 Å². The number of hydrogen-bond donors (Lipinski definition) is 2. The van der Waals surface area contributed by atoms with E-state index in [0.29, 0.717) is 11.4 Å². The maximum absolute atomic E-state index is 10.7. The van der Waals surface area contributed by atoms with Crippen molar-refractivity contribution in [3.8, 4) is 0 Å². The highest BCUT2D eigenvalue weighted by molar-refractivity contribution is 7.13. The summed E-state index contributed by atoms with van der Waals surface area (Å²) in [6.45, 7) is 0. The Morgan fingerprint density at radius 1 is 1.80 bits per heavy atom. The minimum atomic E-state index is -0.766. The number of oxime groups is 1. The summed E-state index contributed by atoms with van der Waals surface area (Å²) in [6.07, 6.45) is -0.338. The molecule has 8 heteroatoms. The van der Waals surface area contributed by atoms with Crippen molar-refractivity contribution in [3.63, 3.8) is 0 Å². The van der Waals surface area contributed by atoms with Gasteiger partial charge in [-0.25, -0.2) is 9.78 Å². The van der Waals surface area contributed by atoms with Crippen LogP contribution in [-0.4, -0.2) is 30.1 Å². The molecule has 0 aliphatic rings. The Labute approximate surface area is 88.9 Å². The normalized spacial score (nSPS) is 10.9. The van der Waals surface area contributed by atoms with Crippen molar-refractivity contribution in [3.05, 3.63) is 11.1 Å². The van der Waals surface area contributed by atoms with Gasteiger partial charge in [0, 0.05) is 12.4 Å². The van der Waals surface area contributed by atoms with Crippen LogP contribution >= 0.6 is 11.3 Å². The molecular formula is C7H8N4O3S. The number of aromatic nitrogens is 1. The van der Waals surface area contributed by atoms with E-state index in [9.17, 15) is 9.59 Å². The molecule has 0 bridgehead atoms. The van der Waals surface area contributed by atoms with Gasteiger partial charge in [-0.3, -0.25) is 9.63 Å². The fourth-order valence-corrected chi connectivity index (χ4v) is 1.23. The molecule has 0 aromatic carbocycles. The van der Waals surface area contributed by atoms with Crippen molar-refractivity contribution in [2.24, 2.45) is 5.16 Å². The van der Waals surface area contributed by atoms with Crippen molar-refractivity contribution in [2.75, 3.05) is 12.8 Å². The molecule has 1 aromatic heterocycles. The van der Waals surface area contributed by atoms with E-state index in [1.54, 1.807) is 0 Å². The van der Waals surface area contributed by atoms with Crippen LogP contribution in [0.3, 0.4) is 0 Å². The Hall–Kier alpha value is -1.96. The van der Waals surface area contributed by atoms with Crippen molar-refractivity contribution in [1.82, 2.24) is 10.3 Å². The molecule has 1 heterocycles. The number of anilines is 1. The van der Waals surface area contributed by atoms with E-state index in [1.807, 2.05) is 0 Å². The van der Waals surface area contributed by atoms with Gasteiger partial charge in [0.15, 0.2) is 17.1 Å². The second kappa shape index (κ2) is 5.05. The van der Waals surface area contributed by atoms with E-state index in [0.717, 1.165) is 11.3 Å². The van der Waals surface area contributed by atoms with Crippen LogP contribution in [0.5, 0.6) is 0 Å². The van der Waals surface area contributed by atoms with Crippen molar-refractivity contribution in [2.45, 2.75) is 0 Å². The number of carbonyl (C=O) groups is 2. The molecule has 0 saturated carbocycles. The smallest absolute Gasteiger partial charge is 0.375 e. The lowest BCUT2D eigenvalue weighted by Crippen LogP contribution is -2.18. The standard InChI is InChI=1S/C7H8N4O3S/c1-9-7(13)14-11-4(2-12)5-3-15-6(8)10-5/h2-3H,1H3,(H2,8,10)(H,9,13). The van der Waals surface area contributed by atoms with Crippen LogP contribution in [0.2, 0.25) is 0 Å². The zero-order valence-electron chi connectivity index (χ0n) is 7.76. The molecule has 1 rings (SSSR count). The number of rotatable bonds is 3. The van der Waals surface area contributed by atoms with Crippen LogP contribution in [0.1, 0.15) is 5.69 Å². The van der Waals surface area contributed by atoms with Gasteiger partial charge in [-0.15, -0.1) is 11.3 Å². The second-order valence-corrected chi connectivity index (χ2v) is 3.18. The van der Waals surface area contributed by atoms with Crippen LogP contribution < -0.4 is 11.1 Å². The highest BCUT2D eigenvalue weighted by atomic mass is 32.1. The first-order valence-electron chi connectivity index (χ1n) is 3.80. The third kappa shape index (κ3) is 3.02. The topological polar surface area (TPSA) is 107 Å². The Morgan fingerprint density at radius 2 is 2.53 bits per heavy atom. The fourth-order valence-electron chi connectivity index (χ4n) is 0.670. The molecule has 0 saturated heterocycles. The first-order chi connectivity index (χ1) is 7.17. The summed E-state index contributed by atoms with van der Waals surface area (Å²) in [5.41, 5.74) is 5.55. The van der Waals surface area contributed by atoms with Crippen molar-refractivity contribution < 1.29 is 14.4 Å². The Balaban J connectivity index is 2.79. The molecular weight excluding hydrogens is 220 g/mol. The van der Waals surface area contributed by atoms with Gasteiger partial charge < -0.3 is 11.1 Å². The van der Waals surface area contributed by atoms with Gasteiger partial charge >= 0.3 is 6.09 Å². The minimum Gasteiger partial charge on any atom is -0.375 e. The van der Waals surface area contributed by atoms with Gasteiger partial charge in [-0.2, -0.15) is 0 Å². The van der Waals surface area contributed by atoms with Crippen molar-refractivity contribution >= 4 is 34.6 Å². The molecule has 1 aromatic rings. The van der Waals surface area contributed by atoms with Crippen LogP contribution in [0.25, 0.3) is 0 Å². The summed E-state index contributed by atoms with van der Waals surface area (Å²) in [5.74, 6) is 0. The average Bonchev–Trinajstić information content (AvgIpc) is 2.65. The maximum Gasteiger partial charge on any atom is 0.433 e. The molecule has 0 fully saturated rings. The number of hydrogen-bond acceptors (Lipinski definition) is 7. The van der Waals surface area contributed by atoms with Crippen LogP contribution in [0, 0.1) is 0 Å². The zero-order valence-corrected chi connectivity index (χ0v) is 8.58. The number of aldehydes is 1. The van der Waals surface area contributed by atoms with Gasteiger partial charge in [0.25, 0.3) is 0 Å². The van der Waals surface area contributed by atoms with E-state index < -0.39 is 6.09 Å². The van der Waals surface area contributed by atoms with Gasteiger partial charge in [0.2, 0.25) is 0 Å². The van der Waals surface area contributed by atoms with E-state index in [1.165, 1.54) is 12.4 Å². The number of nitrogen functional groups attached to an aromatic ring is 1. The third-order valence-corrected chi connectivity index (χ3v) is 2.00. The Morgan fingerprint density at radius 3 is 3.00 bits per heavy atom. The van der Waals surface area contributed by atoms with Gasteiger partial charge in [-0.05, 0) is 0 Å². The SMILES string of the molecule is CNC(=O)ON=C(C=O)c1csc(N)n1. The predicted octanol–water partition coefficient (Wildman–Crippen LogP) is -0.0157. The lowest BCUT2D eigenvalue weighted by molar-refractivity contribution is -0.102. The van der Waals surface area contributed by atoms with Gasteiger partial charge in [-0.1, -0.05) is 5.16 Å². The third-order valence-electron chi connectivity index (χ3n) is 1.33. The molecule has 15 heavy (non-hydrogen) atoms. The summed E-state index contributed by atoms with van der Waals surface area (Å²) in [7, 11) is 1.37. The van der Waals surface area contributed by atoms with Gasteiger partial charge in [0.05, 0.1) is 0 Å². The summed E-state index contributed by atoms with van der Waals surface area (Å²) in [5, 5.41) is 7.34. The number of nitrogens with zero attached hydrogens (tertiary/aromatic N) is 2. The fraction of sp³-hybridized carbons (Fsp3) is 0.143. The molecule has 3 N–H and O–H groups in total. The average molecular weight is 228 g/mol. The second-order valence-electron chi connectivity index (χ2n) is 2.29. The quantitative estimate of drug-likeness (QED) is 0.327. The first kappa shape index (κ1) is 11.1. The molecule has 0 aliphatic carbocycles. The Kier molecular flexibility index (Phi) is 3.75. The van der Waals surface area contributed by atoms with E-state index in [4.69, 9.17) is 5.73 Å². The molecule has 0 spiro atoms. The number of amides is 1. The molecule has 0 aliphatic heterocycles. The maximum atomic E-state index is 10.7. The van der Waals surface area contributed by atoms with Gasteiger partial charge in [0.1, 0.15) is 5.69 Å². The lowest BCUT2D eigenvalue weighted by atomic mass is 10.3. The predicted molar refractivity (Wildman–Crippen MR) is 54.7 cm³/mol. The molecule has 7 nitrogen and oxygen atoms in total. The van der Waals surface area contributed by atoms with Crippen molar-refractivity contribution in [1.29, 1.82) is 0 Å². The number of thiazole rings is 1. The molecule has 0 unspecified atom stereocenters. The molecule has 0 radical (unpaired) electrons. The van der Waals surface area contributed by atoms with E-state index in [-0.39, 0.29) is 11.4 Å². The molecule has 80 valence electrons. The monoisotopic (exact) mass is 228 g/mol. The number of nitrogens with one attached hydrogen (secondary N) is 1. The van der Waals surface area contributed by atoms with Crippen LogP contribution in [0.15, 0.2) is 10.5 Å². The van der Waals surface area contributed by atoms with Crippen LogP contribution in [-0.2, 0) is 9.63 Å². The summed E-state index contributed by atoms with van der Waals surface area (Å²) in [6, 6.07) is 0. The molecule has 1 amide bonds. The lowest BCUT2D eigenvalue weighted by Gasteiger charge is -1.95. The number of nitrogens with two attached hydrogens (primary N) is 1. The van der Waals surface area contributed by atoms with Crippen LogP contribution in [0.4, 0.5) is 9.93 Å². The first-order valence-corrected chi connectivity index (χ1v) is 4.68. The highest BCUT2D eigenvalue weighted by Crippen LogP contribution is 2.11. The molecule has 0 atom stereocenters.